The molecular weight excluding hydrogens is 356 g/mol. The van der Waals surface area contributed by atoms with Crippen LogP contribution in [0.25, 0.3) is 0 Å². The van der Waals surface area contributed by atoms with Gasteiger partial charge in [-0.15, -0.1) is 0 Å². The summed E-state index contributed by atoms with van der Waals surface area (Å²) < 4.78 is 0. The molecule has 0 saturated carbocycles. The zero-order valence-electron chi connectivity index (χ0n) is 15.4. The van der Waals surface area contributed by atoms with Crippen LogP contribution in [-0.4, -0.2) is 56.5 Å². The van der Waals surface area contributed by atoms with Gasteiger partial charge in [0.1, 0.15) is 11.7 Å². The lowest BCUT2D eigenvalue weighted by Crippen LogP contribution is -2.55. The molecule has 0 saturated heterocycles. The Labute approximate surface area is 156 Å². The molecular formula is C16H24N6O5. The third kappa shape index (κ3) is 8.12. The van der Waals surface area contributed by atoms with Gasteiger partial charge >= 0.3 is 6.09 Å². The van der Waals surface area contributed by atoms with Gasteiger partial charge in [-0.05, 0) is 11.8 Å². The average molecular weight is 380 g/mol. The molecule has 0 aliphatic rings. The second kappa shape index (κ2) is 9.46. The van der Waals surface area contributed by atoms with Crippen molar-refractivity contribution in [2.75, 3.05) is 6.54 Å². The summed E-state index contributed by atoms with van der Waals surface area (Å²) in [6.07, 6.45) is 2.50. The standard InChI is InChI=1S/C16H24N6O5/c1-16(2,3)8-10(20-13(24)11-9-18-5-6-19-11)14(25)21-22(15(26)27)7-4-12(17)23/h5-6,9-10H,4,7-8H2,1-3H3,(H2,17,23)(H,20,24)(H,21,25)(H,26,27). The smallest absolute Gasteiger partial charge is 0.426 e. The minimum atomic E-state index is -1.46. The molecule has 27 heavy (non-hydrogen) atoms. The van der Waals surface area contributed by atoms with Crippen molar-refractivity contribution in [3.05, 3.63) is 24.3 Å². The monoisotopic (exact) mass is 380 g/mol. The van der Waals surface area contributed by atoms with Gasteiger partial charge in [-0.1, -0.05) is 20.8 Å². The SMILES string of the molecule is CC(C)(C)CC(NC(=O)c1cnccn1)C(=O)NN(CCC(N)=O)C(=O)O. The van der Waals surface area contributed by atoms with Crippen molar-refractivity contribution in [3.8, 4) is 0 Å². The summed E-state index contributed by atoms with van der Waals surface area (Å²) in [5.74, 6) is -2.07. The molecule has 148 valence electrons. The fourth-order valence-corrected chi connectivity index (χ4v) is 2.10. The Bertz CT molecular complexity index is 688. The minimum absolute atomic E-state index is 0.0213. The van der Waals surface area contributed by atoms with Gasteiger partial charge in [-0.3, -0.25) is 24.8 Å². The summed E-state index contributed by atoms with van der Waals surface area (Å²) >= 11 is 0. The first-order valence-corrected chi connectivity index (χ1v) is 8.16. The highest BCUT2D eigenvalue weighted by Gasteiger charge is 2.29. The summed E-state index contributed by atoms with van der Waals surface area (Å²) in [5.41, 5.74) is 6.86. The average Bonchev–Trinajstić information content (AvgIpc) is 2.56. The summed E-state index contributed by atoms with van der Waals surface area (Å²) in [4.78, 5) is 54.6. The molecule has 0 aromatic carbocycles. The van der Waals surface area contributed by atoms with Gasteiger partial charge in [-0.2, -0.15) is 0 Å². The number of carboxylic acid groups (broad SMARTS) is 1. The Morgan fingerprint density at radius 1 is 1.26 bits per heavy atom. The highest BCUT2D eigenvalue weighted by Crippen LogP contribution is 2.21. The highest BCUT2D eigenvalue weighted by atomic mass is 16.4. The maximum absolute atomic E-state index is 12.6. The van der Waals surface area contributed by atoms with Crippen molar-refractivity contribution in [1.82, 2.24) is 25.7 Å². The maximum Gasteiger partial charge on any atom is 0.426 e. The van der Waals surface area contributed by atoms with E-state index in [1.54, 1.807) is 0 Å². The predicted octanol–water partition coefficient (Wildman–Crippen LogP) is -0.102. The molecule has 0 radical (unpaired) electrons. The lowest BCUT2D eigenvalue weighted by atomic mass is 9.87. The maximum atomic E-state index is 12.6. The number of hydrazine groups is 1. The number of nitrogens with two attached hydrogens (primary N) is 1. The molecule has 1 aromatic rings. The van der Waals surface area contributed by atoms with Crippen molar-refractivity contribution in [3.63, 3.8) is 0 Å². The van der Waals surface area contributed by atoms with Crippen LogP contribution in [0, 0.1) is 5.41 Å². The number of nitrogens with zero attached hydrogens (tertiary/aromatic N) is 3. The van der Waals surface area contributed by atoms with Crippen LogP contribution in [0.3, 0.4) is 0 Å². The Morgan fingerprint density at radius 2 is 1.93 bits per heavy atom. The summed E-state index contributed by atoms with van der Waals surface area (Å²) in [6, 6.07) is -1.03. The molecule has 1 atom stereocenters. The zero-order chi connectivity index (χ0) is 20.6. The van der Waals surface area contributed by atoms with Crippen LogP contribution < -0.4 is 16.5 Å². The van der Waals surface area contributed by atoms with E-state index < -0.39 is 29.9 Å². The van der Waals surface area contributed by atoms with E-state index in [2.05, 4.69) is 20.7 Å². The molecule has 0 fully saturated rings. The van der Waals surface area contributed by atoms with Crippen molar-refractivity contribution in [1.29, 1.82) is 0 Å². The van der Waals surface area contributed by atoms with Crippen molar-refractivity contribution >= 4 is 23.8 Å². The highest BCUT2D eigenvalue weighted by molar-refractivity contribution is 5.96. The molecule has 1 unspecified atom stereocenters. The van der Waals surface area contributed by atoms with E-state index >= 15 is 0 Å². The topological polar surface area (TPSA) is 168 Å². The second-order valence-electron chi connectivity index (χ2n) is 7.01. The fourth-order valence-electron chi connectivity index (χ4n) is 2.10. The first kappa shape index (κ1) is 21.8. The molecule has 0 aliphatic heterocycles. The first-order valence-electron chi connectivity index (χ1n) is 8.16. The second-order valence-corrected chi connectivity index (χ2v) is 7.01. The lowest BCUT2D eigenvalue weighted by molar-refractivity contribution is -0.128. The molecule has 4 amide bonds. The van der Waals surface area contributed by atoms with Gasteiger partial charge in [0.05, 0.1) is 12.7 Å². The molecule has 5 N–H and O–H groups in total. The molecule has 0 spiro atoms. The van der Waals surface area contributed by atoms with Crippen LogP contribution in [-0.2, 0) is 9.59 Å². The van der Waals surface area contributed by atoms with Gasteiger partial charge in [0.15, 0.2) is 0 Å². The minimum Gasteiger partial charge on any atom is -0.464 e. The Kier molecular flexibility index (Phi) is 7.64. The fraction of sp³-hybridized carbons (Fsp3) is 0.500. The number of hydrogen-bond acceptors (Lipinski definition) is 6. The number of carbonyl (C=O) groups excluding carboxylic acids is 3. The molecule has 0 aliphatic carbocycles. The van der Waals surface area contributed by atoms with Gasteiger partial charge in [0.25, 0.3) is 11.8 Å². The molecule has 11 heteroatoms. The number of hydrogen-bond donors (Lipinski definition) is 4. The van der Waals surface area contributed by atoms with E-state index in [1.807, 2.05) is 20.8 Å². The molecule has 1 aromatic heterocycles. The largest absolute Gasteiger partial charge is 0.464 e. The third-order valence-electron chi connectivity index (χ3n) is 3.29. The van der Waals surface area contributed by atoms with E-state index in [-0.39, 0.29) is 30.5 Å². The Morgan fingerprint density at radius 3 is 2.41 bits per heavy atom. The number of amides is 4. The number of aromatic nitrogens is 2. The normalized spacial score (nSPS) is 12.0. The number of nitrogens with one attached hydrogen (secondary N) is 2. The van der Waals surface area contributed by atoms with Crippen LogP contribution in [0.5, 0.6) is 0 Å². The number of rotatable bonds is 7. The number of carbonyl (C=O) groups is 4. The molecule has 1 rings (SSSR count). The quantitative estimate of drug-likeness (QED) is 0.479. The van der Waals surface area contributed by atoms with Crippen LogP contribution in [0.15, 0.2) is 18.6 Å². The van der Waals surface area contributed by atoms with Crippen LogP contribution in [0.1, 0.15) is 44.1 Å². The molecule has 0 bridgehead atoms. The first-order chi connectivity index (χ1) is 12.5. The Balaban J connectivity index is 2.90. The summed E-state index contributed by atoms with van der Waals surface area (Å²) in [6.45, 7) is 5.29. The summed E-state index contributed by atoms with van der Waals surface area (Å²) in [5, 5.41) is 12.2. The predicted molar refractivity (Wildman–Crippen MR) is 94.0 cm³/mol. The van der Waals surface area contributed by atoms with Crippen molar-refractivity contribution in [2.24, 2.45) is 11.1 Å². The Hall–Kier alpha value is -3.24. The summed E-state index contributed by atoms with van der Waals surface area (Å²) in [7, 11) is 0. The van der Waals surface area contributed by atoms with E-state index in [9.17, 15) is 19.2 Å². The van der Waals surface area contributed by atoms with Crippen LogP contribution in [0.2, 0.25) is 0 Å². The van der Waals surface area contributed by atoms with Gasteiger partial charge in [0, 0.05) is 18.8 Å². The van der Waals surface area contributed by atoms with Gasteiger partial charge < -0.3 is 16.2 Å². The van der Waals surface area contributed by atoms with E-state index in [1.165, 1.54) is 18.6 Å². The van der Waals surface area contributed by atoms with E-state index in [0.717, 1.165) is 0 Å². The molecule has 1 heterocycles. The number of primary amides is 1. The van der Waals surface area contributed by atoms with Gasteiger partial charge in [-0.25, -0.2) is 14.8 Å². The van der Waals surface area contributed by atoms with Gasteiger partial charge in [0.2, 0.25) is 5.91 Å². The van der Waals surface area contributed by atoms with Crippen LogP contribution in [0.4, 0.5) is 4.79 Å². The molecule has 11 nitrogen and oxygen atoms in total. The van der Waals surface area contributed by atoms with Crippen molar-refractivity contribution in [2.45, 2.75) is 39.7 Å². The van der Waals surface area contributed by atoms with E-state index in [4.69, 9.17) is 10.8 Å². The lowest BCUT2D eigenvalue weighted by Gasteiger charge is -2.28. The van der Waals surface area contributed by atoms with Crippen LogP contribution >= 0.6 is 0 Å². The van der Waals surface area contributed by atoms with Crippen molar-refractivity contribution < 1.29 is 24.3 Å². The van der Waals surface area contributed by atoms with E-state index in [0.29, 0.717) is 5.01 Å². The third-order valence-corrected chi connectivity index (χ3v) is 3.29. The zero-order valence-corrected chi connectivity index (χ0v) is 15.4.